The number of nitrogens with zero attached hydrogens (tertiary/aromatic N) is 1. The number of benzene rings is 1. The summed E-state index contributed by atoms with van der Waals surface area (Å²) in [6, 6.07) is 3.90. The second-order valence-corrected chi connectivity index (χ2v) is 11.3. The molecule has 41 heavy (non-hydrogen) atoms. The van der Waals surface area contributed by atoms with Crippen LogP contribution in [0.25, 0.3) is 0 Å². The Hall–Kier alpha value is -3.29. The number of Topliss-reactive ketones (excluding diaryl/α,β-unsaturated/α-hetero) is 1. The number of halogens is 1. The number of carbonyl (C=O) groups is 5. The number of ketones is 1. The number of anilines is 1. The first-order chi connectivity index (χ1) is 19.8. The molecule has 3 aliphatic heterocycles. The third-order valence-corrected chi connectivity index (χ3v) is 8.54. The van der Waals surface area contributed by atoms with Crippen molar-refractivity contribution < 1.29 is 37.8 Å². The average Bonchev–Trinajstić information content (AvgIpc) is 3.61. The van der Waals surface area contributed by atoms with Crippen LogP contribution in [0.4, 0.5) is 14.9 Å². The highest BCUT2D eigenvalue weighted by molar-refractivity contribution is 8.00. The molecule has 5 amide bonds. The van der Waals surface area contributed by atoms with Gasteiger partial charge in [-0.3, -0.25) is 19.2 Å². The van der Waals surface area contributed by atoms with E-state index in [-0.39, 0.29) is 48.3 Å². The Kier molecular flexibility index (Phi) is 11.3. The third kappa shape index (κ3) is 8.60. The second-order valence-electron chi connectivity index (χ2n) is 9.98. The maximum Gasteiger partial charge on any atom is 0.315 e. The number of urea groups is 1. The number of nitrogens with one attached hydrogen (secondary N) is 3. The lowest BCUT2D eigenvalue weighted by atomic mass is 10.0. The molecule has 11 nitrogen and oxygen atoms in total. The Labute approximate surface area is 241 Å². The second kappa shape index (κ2) is 15.1. The van der Waals surface area contributed by atoms with Crippen LogP contribution in [0.5, 0.6) is 0 Å². The quantitative estimate of drug-likeness (QED) is 0.108. The lowest BCUT2D eigenvalue weighted by molar-refractivity contribution is -0.122. The standard InChI is InChI=1S/C28H35FN4O7S/c29-20-8-7-18(33-25(36)9-10-26(33)37)16-19(20)22(34)4-3-12-39-14-15-40-13-11-30-24(35)6-2-1-5-23-27-21(17-41-23)31-28(38)32-27/h7-10,16,21,23,27H,1-6,11-15,17H2,(H,30,35)(H2,31,32,38). The molecule has 3 aliphatic rings. The third-order valence-electron chi connectivity index (χ3n) is 7.03. The van der Waals surface area contributed by atoms with E-state index in [9.17, 15) is 28.4 Å². The zero-order valence-electron chi connectivity index (χ0n) is 22.7. The number of imide groups is 1. The van der Waals surface area contributed by atoms with Crippen molar-refractivity contribution >= 4 is 47.0 Å². The first-order valence-electron chi connectivity index (χ1n) is 13.8. The number of rotatable bonds is 17. The number of amides is 5. The molecule has 2 fully saturated rings. The van der Waals surface area contributed by atoms with Gasteiger partial charge >= 0.3 is 6.03 Å². The summed E-state index contributed by atoms with van der Waals surface area (Å²) in [6.45, 7) is 1.69. The molecule has 222 valence electrons. The number of hydrogen-bond acceptors (Lipinski definition) is 8. The van der Waals surface area contributed by atoms with Crippen LogP contribution in [-0.4, -0.2) is 85.6 Å². The van der Waals surface area contributed by atoms with Crippen LogP contribution in [0, 0.1) is 5.82 Å². The van der Waals surface area contributed by atoms with E-state index in [0.717, 1.165) is 48.1 Å². The molecule has 3 heterocycles. The van der Waals surface area contributed by atoms with Gasteiger partial charge in [-0.1, -0.05) is 6.42 Å². The zero-order valence-corrected chi connectivity index (χ0v) is 23.5. The molecule has 2 saturated heterocycles. The Morgan fingerprint density at radius 3 is 2.51 bits per heavy atom. The highest BCUT2D eigenvalue weighted by Gasteiger charge is 2.42. The van der Waals surface area contributed by atoms with E-state index in [1.54, 1.807) is 0 Å². The summed E-state index contributed by atoms with van der Waals surface area (Å²) in [5.74, 6) is -1.33. The van der Waals surface area contributed by atoms with Gasteiger partial charge in [-0.05, 0) is 37.5 Å². The van der Waals surface area contributed by atoms with Crippen LogP contribution < -0.4 is 20.9 Å². The van der Waals surface area contributed by atoms with Crippen molar-refractivity contribution in [3.63, 3.8) is 0 Å². The topological polar surface area (TPSA) is 143 Å². The fraction of sp³-hybridized carbons (Fsp3) is 0.536. The minimum atomic E-state index is -0.716. The summed E-state index contributed by atoms with van der Waals surface area (Å²) in [5, 5.41) is 9.14. The van der Waals surface area contributed by atoms with Gasteiger partial charge in [0, 0.05) is 49.1 Å². The number of ether oxygens (including phenoxy) is 2. The monoisotopic (exact) mass is 590 g/mol. The Morgan fingerprint density at radius 1 is 0.976 bits per heavy atom. The number of fused-ring (bicyclic) bond motifs is 1. The van der Waals surface area contributed by atoms with Crippen molar-refractivity contribution in [3.05, 3.63) is 41.7 Å². The summed E-state index contributed by atoms with van der Waals surface area (Å²) in [7, 11) is 0. The molecule has 3 unspecified atom stereocenters. The van der Waals surface area contributed by atoms with Crippen molar-refractivity contribution in [3.8, 4) is 0 Å². The molecular weight excluding hydrogens is 555 g/mol. The SMILES string of the molecule is O=C(CCCCC1SCC2NC(=O)NC21)NCCOCCOCCCC(=O)c1cc(N2C(=O)C=CC2=O)ccc1F. The van der Waals surface area contributed by atoms with E-state index in [4.69, 9.17) is 9.47 Å². The molecule has 0 aliphatic carbocycles. The molecule has 0 saturated carbocycles. The first kappa shape index (κ1) is 30.7. The molecule has 0 bridgehead atoms. The van der Waals surface area contributed by atoms with Crippen molar-refractivity contribution in [2.24, 2.45) is 0 Å². The molecule has 0 aromatic heterocycles. The molecule has 0 spiro atoms. The van der Waals surface area contributed by atoms with Gasteiger partial charge in [0.25, 0.3) is 11.8 Å². The summed E-state index contributed by atoms with van der Waals surface area (Å²) >= 11 is 1.87. The van der Waals surface area contributed by atoms with Gasteiger partial charge in [-0.25, -0.2) is 14.1 Å². The molecule has 4 rings (SSSR count). The van der Waals surface area contributed by atoms with E-state index in [2.05, 4.69) is 16.0 Å². The van der Waals surface area contributed by atoms with Crippen LogP contribution >= 0.6 is 11.8 Å². The largest absolute Gasteiger partial charge is 0.379 e. The van der Waals surface area contributed by atoms with Crippen molar-refractivity contribution in [1.29, 1.82) is 0 Å². The Bertz CT molecular complexity index is 1160. The van der Waals surface area contributed by atoms with E-state index < -0.39 is 23.4 Å². The molecule has 0 radical (unpaired) electrons. The van der Waals surface area contributed by atoms with Crippen LogP contribution in [0.1, 0.15) is 48.9 Å². The lowest BCUT2D eigenvalue weighted by Crippen LogP contribution is -2.36. The number of hydrogen-bond donors (Lipinski definition) is 3. The zero-order chi connectivity index (χ0) is 29.2. The highest BCUT2D eigenvalue weighted by atomic mass is 32.2. The van der Waals surface area contributed by atoms with Gasteiger partial charge in [-0.15, -0.1) is 0 Å². The van der Waals surface area contributed by atoms with Gasteiger partial charge in [-0.2, -0.15) is 11.8 Å². The van der Waals surface area contributed by atoms with Crippen LogP contribution in [0.2, 0.25) is 0 Å². The fourth-order valence-electron chi connectivity index (χ4n) is 4.94. The van der Waals surface area contributed by atoms with Gasteiger partial charge in [0.05, 0.1) is 43.2 Å². The lowest BCUT2D eigenvalue weighted by Gasteiger charge is -2.16. The van der Waals surface area contributed by atoms with Crippen LogP contribution in [-0.2, 0) is 23.9 Å². The molecule has 3 N–H and O–H groups in total. The average molecular weight is 591 g/mol. The van der Waals surface area contributed by atoms with Crippen molar-refractivity contribution in [2.45, 2.75) is 55.9 Å². The summed E-state index contributed by atoms with van der Waals surface area (Å²) in [5.41, 5.74) is -0.0296. The van der Waals surface area contributed by atoms with E-state index in [1.165, 1.54) is 12.1 Å². The van der Waals surface area contributed by atoms with Crippen LogP contribution in [0.15, 0.2) is 30.4 Å². The summed E-state index contributed by atoms with van der Waals surface area (Å²) < 4.78 is 25.1. The number of thioether (sulfide) groups is 1. The van der Waals surface area contributed by atoms with Crippen LogP contribution in [0.3, 0.4) is 0 Å². The predicted octanol–water partition coefficient (Wildman–Crippen LogP) is 2.09. The maximum atomic E-state index is 14.2. The van der Waals surface area contributed by atoms with Gasteiger partial charge < -0.3 is 25.4 Å². The first-order valence-corrected chi connectivity index (χ1v) is 14.9. The maximum absolute atomic E-state index is 14.2. The van der Waals surface area contributed by atoms with Crippen molar-refractivity contribution in [2.75, 3.05) is 43.6 Å². The molecule has 1 aromatic rings. The summed E-state index contributed by atoms with van der Waals surface area (Å²) in [4.78, 5) is 60.5. The predicted molar refractivity (Wildman–Crippen MR) is 150 cm³/mol. The van der Waals surface area contributed by atoms with E-state index in [1.807, 2.05) is 11.8 Å². The van der Waals surface area contributed by atoms with Crippen molar-refractivity contribution in [1.82, 2.24) is 16.0 Å². The highest BCUT2D eigenvalue weighted by Crippen LogP contribution is 2.33. The Morgan fingerprint density at radius 2 is 1.73 bits per heavy atom. The minimum Gasteiger partial charge on any atom is -0.379 e. The summed E-state index contributed by atoms with van der Waals surface area (Å²) in [6.07, 6.45) is 5.82. The molecule has 3 atom stereocenters. The Balaban J connectivity index is 0.980. The molecule has 13 heteroatoms. The molecular formula is C28H35FN4O7S. The number of unbranched alkanes of at least 4 members (excludes halogenated alkanes) is 1. The van der Waals surface area contributed by atoms with E-state index in [0.29, 0.717) is 44.5 Å². The fourth-order valence-corrected chi connectivity index (χ4v) is 6.48. The number of carbonyl (C=O) groups excluding carboxylic acids is 5. The van der Waals surface area contributed by atoms with Gasteiger partial charge in [0.2, 0.25) is 5.91 Å². The molecule has 1 aromatic carbocycles. The van der Waals surface area contributed by atoms with Gasteiger partial charge in [0.15, 0.2) is 5.78 Å². The van der Waals surface area contributed by atoms with E-state index >= 15 is 0 Å². The minimum absolute atomic E-state index is 0.0143. The van der Waals surface area contributed by atoms with Gasteiger partial charge in [0.1, 0.15) is 5.82 Å². The smallest absolute Gasteiger partial charge is 0.315 e. The normalized spacial score (nSPS) is 21.2.